The summed E-state index contributed by atoms with van der Waals surface area (Å²) in [5.74, 6) is 0. The van der Waals surface area contributed by atoms with E-state index in [-0.39, 0.29) is 0 Å². The van der Waals surface area contributed by atoms with Crippen LogP contribution in [0, 0.1) is 25.2 Å². The Morgan fingerprint density at radius 2 is 1.50 bits per heavy atom. The minimum atomic E-state index is 0.612. The number of fused-ring (bicyclic) bond motifs is 4. The third-order valence-electron chi connectivity index (χ3n) is 6.71. The Morgan fingerprint density at radius 3 is 2.26 bits per heavy atom. The fourth-order valence-corrected chi connectivity index (χ4v) is 5.05. The molecule has 0 radical (unpaired) electrons. The number of benzene rings is 4. The van der Waals surface area contributed by atoms with E-state index in [0.717, 1.165) is 55.3 Å². The molecule has 0 amide bonds. The molecule has 6 rings (SSSR count). The van der Waals surface area contributed by atoms with Gasteiger partial charge in [-0.05, 0) is 60.0 Å². The number of rotatable bonds is 2. The quantitative estimate of drug-likeness (QED) is 0.264. The molecule has 0 fully saturated rings. The van der Waals surface area contributed by atoms with Crippen molar-refractivity contribution in [2.75, 3.05) is 0 Å². The maximum absolute atomic E-state index is 9.97. The second-order valence-corrected chi connectivity index (χ2v) is 8.98. The van der Waals surface area contributed by atoms with E-state index in [0.29, 0.717) is 5.56 Å². The second-order valence-electron chi connectivity index (χ2n) is 8.98. The Bertz CT molecular complexity index is 1800. The first kappa shape index (κ1) is 20.2. The lowest BCUT2D eigenvalue weighted by molar-refractivity contribution is -0.660. The van der Waals surface area contributed by atoms with Gasteiger partial charge < -0.3 is 4.42 Å². The molecule has 162 valence electrons. The maximum Gasteiger partial charge on any atom is 0.216 e. The molecule has 0 unspecified atom stereocenters. The van der Waals surface area contributed by atoms with Gasteiger partial charge in [0.25, 0.3) is 0 Å². The summed E-state index contributed by atoms with van der Waals surface area (Å²) in [5.41, 5.74) is 8.59. The van der Waals surface area contributed by atoms with Gasteiger partial charge in [-0.25, -0.2) is 4.57 Å². The van der Waals surface area contributed by atoms with E-state index in [1.54, 1.807) is 0 Å². The van der Waals surface area contributed by atoms with Gasteiger partial charge in [-0.2, -0.15) is 5.26 Å². The molecule has 0 aliphatic heterocycles. The van der Waals surface area contributed by atoms with Crippen LogP contribution < -0.4 is 4.57 Å². The molecule has 6 aromatic rings. The smallest absolute Gasteiger partial charge is 0.216 e. The average Bonchev–Trinajstić information content (AvgIpc) is 3.22. The highest BCUT2D eigenvalue weighted by Gasteiger charge is 2.23. The van der Waals surface area contributed by atoms with Crippen molar-refractivity contribution < 1.29 is 8.98 Å². The van der Waals surface area contributed by atoms with Crippen LogP contribution in [0.4, 0.5) is 0 Å². The van der Waals surface area contributed by atoms with Gasteiger partial charge in [0.05, 0.1) is 17.2 Å². The van der Waals surface area contributed by atoms with Gasteiger partial charge in [0.1, 0.15) is 18.2 Å². The predicted octanol–water partition coefficient (Wildman–Crippen LogP) is 7.39. The summed E-state index contributed by atoms with van der Waals surface area (Å²) in [6.07, 6.45) is 2.13. The monoisotopic (exact) mass is 439 g/mol. The van der Waals surface area contributed by atoms with Crippen molar-refractivity contribution in [3.63, 3.8) is 0 Å². The largest absolute Gasteiger partial charge is 0.454 e. The molecule has 2 aromatic heterocycles. The molecular formula is C31H23N2O+. The number of pyridine rings is 1. The first-order chi connectivity index (χ1) is 16.5. The van der Waals surface area contributed by atoms with Crippen LogP contribution in [0.3, 0.4) is 0 Å². The number of nitrogens with zero attached hydrogens (tertiary/aromatic N) is 2. The van der Waals surface area contributed by atoms with Gasteiger partial charge in [-0.15, -0.1) is 0 Å². The fraction of sp³-hybridized carbons (Fsp3) is 0.0968. The minimum Gasteiger partial charge on any atom is -0.454 e. The molecule has 0 spiro atoms. The SMILES string of the molecule is Cc1ccc(-c2c(C)ccc3c2oc2c(-c4ccc5ccccc5c4)c(C#N)ccc23)[n+](C)c1. The first-order valence-corrected chi connectivity index (χ1v) is 11.4. The highest BCUT2D eigenvalue weighted by Crippen LogP contribution is 2.42. The van der Waals surface area contributed by atoms with Crippen LogP contribution in [0.25, 0.3) is 55.1 Å². The summed E-state index contributed by atoms with van der Waals surface area (Å²) in [6, 6.07) is 29.5. The Morgan fingerprint density at radius 1 is 0.765 bits per heavy atom. The number of nitriles is 1. The van der Waals surface area contributed by atoms with E-state index in [4.69, 9.17) is 4.42 Å². The Balaban J connectivity index is 1.71. The van der Waals surface area contributed by atoms with Crippen LogP contribution in [-0.2, 0) is 7.05 Å². The zero-order valence-corrected chi connectivity index (χ0v) is 19.4. The minimum absolute atomic E-state index is 0.612. The molecule has 3 nitrogen and oxygen atoms in total. The molecule has 0 bridgehead atoms. The third kappa shape index (κ3) is 3.00. The van der Waals surface area contributed by atoms with E-state index >= 15 is 0 Å². The van der Waals surface area contributed by atoms with Crippen LogP contribution in [0.15, 0.2) is 89.5 Å². The summed E-state index contributed by atoms with van der Waals surface area (Å²) >= 11 is 0. The van der Waals surface area contributed by atoms with E-state index in [1.165, 1.54) is 10.9 Å². The van der Waals surface area contributed by atoms with Gasteiger partial charge in [-0.3, -0.25) is 0 Å². The zero-order valence-electron chi connectivity index (χ0n) is 19.4. The van der Waals surface area contributed by atoms with Crippen molar-refractivity contribution in [2.24, 2.45) is 7.05 Å². The van der Waals surface area contributed by atoms with E-state index in [9.17, 15) is 5.26 Å². The number of furan rings is 1. The summed E-state index contributed by atoms with van der Waals surface area (Å²) in [6.45, 7) is 4.21. The summed E-state index contributed by atoms with van der Waals surface area (Å²) in [5, 5.41) is 14.4. The summed E-state index contributed by atoms with van der Waals surface area (Å²) in [4.78, 5) is 0. The fourth-order valence-electron chi connectivity index (χ4n) is 5.05. The number of hydrogen-bond donors (Lipinski definition) is 0. The molecule has 2 heterocycles. The average molecular weight is 440 g/mol. The molecule has 3 heteroatoms. The van der Waals surface area contributed by atoms with Crippen LogP contribution >= 0.6 is 0 Å². The number of aromatic nitrogens is 1. The standard InChI is InChI=1S/C31H23N2O/c1-19-8-15-27(33(3)18-19)28-20(2)9-13-25-26-14-12-24(17-32)29(31(26)34-30(25)28)23-11-10-21-6-4-5-7-22(21)16-23/h4-16,18H,1-3H3/q+1. The normalized spacial score (nSPS) is 11.4. The molecule has 0 aliphatic rings. The summed E-state index contributed by atoms with van der Waals surface area (Å²) in [7, 11) is 2.07. The molecule has 0 aliphatic carbocycles. The van der Waals surface area contributed by atoms with Crippen molar-refractivity contribution in [2.45, 2.75) is 13.8 Å². The Labute approximate surface area is 198 Å². The second kappa shape index (κ2) is 7.57. The predicted molar refractivity (Wildman–Crippen MR) is 137 cm³/mol. The van der Waals surface area contributed by atoms with Crippen molar-refractivity contribution in [3.05, 3.63) is 102 Å². The van der Waals surface area contributed by atoms with Crippen LogP contribution in [-0.4, -0.2) is 0 Å². The molecule has 34 heavy (non-hydrogen) atoms. The lowest BCUT2D eigenvalue weighted by Gasteiger charge is -2.07. The first-order valence-electron chi connectivity index (χ1n) is 11.4. The topological polar surface area (TPSA) is 40.8 Å². The number of hydrogen-bond acceptors (Lipinski definition) is 2. The van der Waals surface area contributed by atoms with Crippen molar-refractivity contribution in [3.8, 4) is 28.5 Å². The maximum atomic E-state index is 9.97. The van der Waals surface area contributed by atoms with Crippen LogP contribution in [0.2, 0.25) is 0 Å². The molecule has 0 N–H and O–H groups in total. The lowest BCUT2D eigenvalue weighted by Crippen LogP contribution is -2.31. The molecule has 0 saturated carbocycles. The van der Waals surface area contributed by atoms with E-state index in [2.05, 4.69) is 92.3 Å². The van der Waals surface area contributed by atoms with Gasteiger partial charge >= 0.3 is 0 Å². The number of aryl methyl sites for hydroxylation is 3. The summed E-state index contributed by atoms with van der Waals surface area (Å²) < 4.78 is 8.83. The molecule has 4 aromatic carbocycles. The highest BCUT2D eigenvalue weighted by molar-refractivity contribution is 6.14. The molecular weight excluding hydrogens is 416 g/mol. The third-order valence-corrected chi connectivity index (χ3v) is 6.71. The van der Waals surface area contributed by atoms with Crippen LogP contribution in [0.5, 0.6) is 0 Å². The van der Waals surface area contributed by atoms with Gasteiger partial charge in [-0.1, -0.05) is 48.5 Å². The van der Waals surface area contributed by atoms with Gasteiger partial charge in [0, 0.05) is 28.0 Å². The van der Waals surface area contributed by atoms with E-state index < -0.39 is 0 Å². The lowest BCUT2D eigenvalue weighted by atomic mass is 9.95. The molecule has 0 atom stereocenters. The van der Waals surface area contributed by atoms with E-state index in [1.807, 2.05) is 24.3 Å². The Hall–Kier alpha value is -4.42. The van der Waals surface area contributed by atoms with Crippen LogP contribution in [0.1, 0.15) is 16.7 Å². The van der Waals surface area contributed by atoms with Gasteiger partial charge in [0.15, 0.2) is 6.20 Å². The molecule has 0 saturated heterocycles. The van der Waals surface area contributed by atoms with Crippen molar-refractivity contribution in [1.29, 1.82) is 5.26 Å². The van der Waals surface area contributed by atoms with Gasteiger partial charge in [0.2, 0.25) is 5.69 Å². The van der Waals surface area contributed by atoms with Crippen molar-refractivity contribution in [1.82, 2.24) is 0 Å². The Kier molecular flexibility index (Phi) is 4.50. The van der Waals surface area contributed by atoms with Crippen molar-refractivity contribution >= 4 is 32.7 Å². The highest BCUT2D eigenvalue weighted by atomic mass is 16.3. The zero-order chi connectivity index (χ0) is 23.4.